The number of ketones is 1. The van der Waals surface area contributed by atoms with Gasteiger partial charge in [0.1, 0.15) is 17.4 Å². The second kappa shape index (κ2) is 8.96. The maximum atomic E-state index is 12.7. The topological polar surface area (TPSA) is 59.3 Å². The number of alkyl halides is 3. The minimum Gasteiger partial charge on any atom is -0.494 e. The molecule has 1 aromatic carbocycles. The highest BCUT2D eigenvalue weighted by Gasteiger charge is 2.40. The van der Waals surface area contributed by atoms with Crippen LogP contribution in [0.25, 0.3) is 0 Å². The normalized spacial score (nSPS) is 12.2. The van der Waals surface area contributed by atoms with Crippen LogP contribution in [0.5, 0.6) is 5.75 Å². The summed E-state index contributed by atoms with van der Waals surface area (Å²) in [6, 6.07) is 8.52. The second-order valence-corrected chi connectivity index (χ2v) is 4.87. The first-order valence-electron chi connectivity index (χ1n) is 7.34. The van der Waals surface area contributed by atoms with Crippen LogP contribution in [0.1, 0.15) is 25.3 Å². The average molecular weight is 341 g/mol. The summed E-state index contributed by atoms with van der Waals surface area (Å²) in [5.41, 5.74) is -0.0618. The quantitative estimate of drug-likeness (QED) is 0.408. The first kappa shape index (κ1) is 19.6. The van der Waals surface area contributed by atoms with Crippen molar-refractivity contribution >= 4 is 5.78 Å². The van der Waals surface area contributed by atoms with Gasteiger partial charge < -0.3 is 9.47 Å². The number of hydrogen-bond donors (Lipinski definition) is 0. The van der Waals surface area contributed by atoms with Crippen molar-refractivity contribution in [2.45, 2.75) is 32.4 Å². The van der Waals surface area contributed by atoms with Crippen LogP contribution in [0.15, 0.2) is 35.6 Å². The number of rotatable bonds is 8. The zero-order chi connectivity index (χ0) is 18.2. The van der Waals surface area contributed by atoms with Gasteiger partial charge in [0.15, 0.2) is 5.78 Å². The molecule has 0 aliphatic carbocycles. The number of nitriles is 1. The van der Waals surface area contributed by atoms with Gasteiger partial charge in [-0.05, 0) is 37.5 Å². The van der Waals surface area contributed by atoms with E-state index in [4.69, 9.17) is 10.00 Å². The van der Waals surface area contributed by atoms with Crippen molar-refractivity contribution in [3.05, 3.63) is 41.2 Å². The lowest BCUT2D eigenvalue weighted by atomic mass is 10.0. The van der Waals surface area contributed by atoms with Crippen LogP contribution in [0.2, 0.25) is 0 Å². The van der Waals surface area contributed by atoms with Crippen molar-refractivity contribution in [2.75, 3.05) is 13.7 Å². The SMILES string of the molecule is CCOc1ccc(CCCC(=O)/C(C#N)=C(\OC)C(F)(F)F)cc1. The van der Waals surface area contributed by atoms with Gasteiger partial charge in [-0.1, -0.05) is 12.1 Å². The number of halogens is 3. The minimum absolute atomic E-state index is 0.168. The molecule has 0 unspecified atom stereocenters. The third kappa shape index (κ3) is 5.61. The second-order valence-electron chi connectivity index (χ2n) is 4.87. The van der Waals surface area contributed by atoms with E-state index in [-0.39, 0.29) is 6.42 Å². The maximum Gasteiger partial charge on any atom is 0.450 e. The van der Waals surface area contributed by atoms with E-state index in [1.165, 1.54) is 6.07 Å². The van der Waals surface area contributed by atoms with Crippen LogP contribution >= 0.6 is 0 Å². The standard InChI is InChI=1S/C17H18F3NO3/c1-3-24-13-9-7-12(8-10-13)5-4-6-15(22)14(11-21)16(23-2)17(18,19)20/h7-10H,3-6H2,1-2H3/b16-14-. The number of ether oxygens (including phenoxy) is 2. The number of methoxy groups -OCH3 is 1. The molecule has 0 heterocycles. The Balaban J connectivity index is 2.68. The Hall–Kier alpha value is -2.49. The molecule has 0 bridgehead atoms. The predicted molar refractivity (Wildman–Crippen MR) is 81.3 cm³/mol. The van der Waals surface area contributed by atoms with E-state index in [2.05, 4.69) is 4.74 Å². The number of aryl methyl sites for hydroxylation is 1. The zero-order valence-corrected chi connectivity index (χ0v) is 13.4. The molecule has 0 saturated carbocycles. The number of carbonyl (C=O) groups excluding carboxylic acids is 1. The molecule has 1 rings (SSSR count). The summed E-state index contributed by atoms with van der Waals surface area (Å²) in [6.45, 7) is 2.42. The van der Waals surface area contributed by atoms with Gasteiger partial charge >= 0.3 is 6.18 Å². The number of nitrogens with zero attached hydrogens (tertiary/aromatic N) is 1. The molecule has 0 N–H and O–H groups in total. The Morgan fingerprint density at radius 2 is 1.88 bits per heavy atom. The number of benzene rings is 1. The third-order valence-electron chi connectivity index (χ3n) is 3.18. The van der Waals surface area contributed by atoms with Gasteiger partial charge in [0.2, 0.25) is 5.76 Å². The summed E-state index contributed by atoms with van der Waals surface area (Å²) in [5.74, 6) is -1.70. The molecule has 1 aromatic rings. The largest absolute Gasteiger partial charge is 0.494 e. The Kier molecular flexibility index (Phi) is 7.31. The first-order valence-corrected chi connectivity index (χ1v) is 7.34. The Bertz CT molecular complexity index is 628. The van der Waals surface area contributed by atoms with E-state index in [1.807, 2.05) is 19.1 Å². The van der Waals surface area contributed by atoms with E-state index in [9.17, 15) is 18.0 Å². The molecule has 0 fully saturated rings. The van der Waals surface area contributed by atoms with Gasteiger partial charge in [-0.15, -0.1) is 0 Å². The van der Waals surface area contributed by atoms with Gasteiger partial charge in [0.25, 0.3) is 0 Å². The molecule has 0 amide bonds. The van der Waals surface area contributed by atoms with E-state index >= 15 is 0 Å². The van der Waals surface area contributed by atoms with Crippen molar-refractivity contribution in [3.8, 4) is 11.8 Å². The number of hydrogen-bond acceptors (Lipinski definition) is 4. The fraction of sp³-hybridized carbons (Fsp3) is 0.412. The molecule has 0 aromatic heterocycles. The zero-order valence-electron chi connectivity index (χ0n) is 13.4. The lowest BCUT2D eigenvalue weighted by molar-refractivity contribution is -0.130. The van der Waals surface area contributed by atoms with Gasteiger partial charge in [-0.2, -0.15) is 18.4 Å². The summed E-state index contributed by atoms with van der Waals surface area (Å²) in [6.07, 6.45) is -4.21. The molecule has 130 valence electrons. The Morgan fingerprint density at radius 1 is 1.25 bits per heavy atom. The molecule has 4 nitrogen and oxygen atoms in total. The molecule has 0 aliphatic rings. The van der Waals surface area contributed by atoms with Crippen LogP contribution < -0.4 is 4.74 Å². The number of carbonyl (C=O) groups is 1. The van der Waals surface area contributed by atoms with Crippen LogP contribution in [-0.4, -0.2) is 25.7 Å². The monoisotopic (exact) mass is 341 g/mol. The van der Waals surface area contributed by atoms with Crippen molar-refractivity contribution in [3.63, 3.8) is 0 Å². The van der Waals surface area contributed by atoms with E-state index in [0.717, 1.165) is 18.4 Å². The highest BCUT2D eigenvalue weighted by atomic mass is 19.4. The third-order valence-corrected chi connectivity index (χ3v) is 3.18. The molecule has 7 heteroatoms. The Labute approximate surface area is 138 Å². The smallest absolute Gasteiger partial charge is 0.450 e. The van der Waals surface area contributed by atoms with Crippen molar-refractivity contribution in [1.82, 2.24) is 0 Å². The molecule has 24 heavy (non-hydrogen) atoms. The summed E-state index contributed by atoms with van der Waals surface area (Å²) in [4.78, 5) is 11.9. The van der Waals surface area contributed by atoms with Crippen LogP contribution in [-0.2, 0) is 16.0 Å². The molecule has 0 saturated heterocycles. The highest BCUT2D eigenvalue weighted by molar-refractivity contribution is 5.99. The maximum absolute atomic E-state index is 12.7. The molecular formula is C17H18F3NO3. The van der Waals surface area contributed by atoms with Crippen LogP contribution in [0.4, 0.5) is 13.2 Å². The lowest BCUT2D eigenvalue weighted by Crippen LogP contribution is -2.19. The summed E-state index contributed by atoms with van der Waals surface area (Å²) >= 11 is 0. The van der Waals surface area contributed by atoms with E-state index in [1.54, 1.807) is 12.1 Å². The summed E-state index contributed by atoms with van der Waals surface area (Å²) < 4.78 is 47.6. The molecular weight excluding hydrogens is 323 g/mol. The van der Waals surface area contributed by atoms with E-state index < -0.39 is 23.3 Å². The summed E-state index contributed by atoms with van der Waals surface area (Å²) in [5, 5.41) is 8.84. The van der Waals surface area contributed by atoms with Gasteiger partial charge in [0.05, 0.1) is 13.7 Å². The number of Topliss-reactive ketones (excluding diaryl/α,β-unsaturated/α-hetero) is 1. The highest BCUT2D eigenvalue weighted by Crippen LogP contribution is 2.29. The van der Waals surface area contributed by atoms with Crippen molar-refractivity contribution in [2.24, 2.45) is 0 Å². The van der Waals surface area contributed by atoms with Gasteiger partial charge in [-0.3, -0.25) is 4.79 Å². The first-order chi connectivity index (χ1) is 11.3. The van der Waals surface area contributed by atoms with Crippen LogP contribution in [0.3, 0.4) is 0 Å². The van der Waals surface area contributed by atoms with Crippen molar-refractivity contribution < 1.29 is 27.4 Å². The van der Waals surface area contributed by atoms with Gasteiger partial charge in [0, 0.05) is 6.42 Å². The summed E-state index contributed by atoms with van der Waals surface area (Å²) in [7, 11) is 0.785. The van der Waals surface area contributed by atoms with Crippen molar-refractivity contribution in [1.29, 1.82) is 5.26 Å². The predicted octanol–water partition coefficient (Wildman–Crippen LogP) is 3.96. The molecule has 0 aliphatic heterocycles. The molecule has 0 spiro atoms. The molecule has 0 atom stereocenters. The number of allylic oxidation sites excluding steroid dienone is 2. The Morgan fingerprint density at radius 3 is 2.33 bits per heavy atom. The minimum atomic E-state index is -4.87. The van der Waals surface area contributed by atoms with Crippen LogP contribution in [0, 0.1) is 11.3 Å². The lowest BCUT2D eigenvalue weighted by Gasteiger charge is -2.11. The fourth-order valence-corrected chi connectivity index (χ4v) is 2.10. The fourth-order valence-electron chi connectivity index (χ4n) is 2.10. The molecule has 0 radical (unpaired) electrons. The van der Waals surface area contributed by atoms with E-state index in [0.29, 0.717) is 19.4 Å². The average Bonchev–Trinajstić information content (AvgIpc) is 2.53. The van der Waals surface area contributed by atoms with Gasteiger partial charge in [-0.25, -0.2) is 0 Å².